The first-order valence-electron chi connectivity index (χ1n) is 7.25. The van der Waals surface area contributed by atoms with Crippen LogP contribution < -0.4 is 15.4 Å². The number of carbonyl (C=O) groups excluding carboxylic acids is 1. The van der Waals surface area contributed by atoms with E-state index in [4.69, 9.17) is 9.47 Å². The van der Waals surface area contributed by atoms with Crippen molar-refractivity contribution in [1.29, 1.82) is 0 Å². The van der Waals surface area contributed by atoms with Gasteiger partial charge in [-0.15, -0.1) is 0 Å². The maximum Gasteiger partial charge on any atom is 0.234 e. The second kappa shape index (κ2) is 8.86. The lowest BCUT2D eigenvalue weighted by atomic mass is 10.2. The molecule has 0 aliphatic rings. The fourth-order valence-electron chi connectivity index (χ4n) is 1.86. The fraction of sp³-hybridized carbons (Fsp3) is 0.400. The SMILES string of the molecule is COCCNCC(=O)NCc1nc(-c2ccc(OC)cc2)n[nH]1. The average Bonchev–Trinajstić information content (AvgIpc) is 3.06. The van der Waals surface area contributed by atoms with E-state index in [0.717, 1.165) is 11.3 Å². The third-order valence-corrected chi connectivity index (χ3v) is 3.10. The molecule has 1 amide bonds. The summed E-state index contributed by atoms with van der Waals surface area (Å²) in [6.45, 7) is 1.74. The van der Waals surface area contributed by atoms with Gasteiger partial charge >= 0.3 is 0 Å². The third-order valence-electron chi connectivity index (χ3n) is 3.10. The molecule has 0 unspecified atom stereocenters. The second-order valence-electron chi connectivity index (χ2n) is 4.78. The maximum atomic E-state index is 11.6. The van der Waals surface area contributed by atoms with Crippen LogP contribution >= 0.6 is 0 Å². The van der Waals surface area contributed by atoms with E-state index in [1.807, 2.05) is 24.3 Å². The van der Waals surface area contributed by atoms with Crippen molar-refractivity contribution >= 4 is 5.91 Å². The Hall–Kier alpha value is -2.45. The predicted molar refractivity (Wildman–Crippen MR) is 85.0 cm³/mol. The van der Waals surface area contributed by atoms with Crippen molar-refractivity contribution in [1.82, 2.24) is 25.8 Å². The molecule has 1 aromatic carbocycles. The van der Waals surface area contributed by atoms with Gasteiger partial charge in [0.1, 0.15) is 11.6 Å². The van der Waals surface area contributed by atoms with Gasteiger partial charge in [0.25, 0.3) is 0 Å². The van der Waals surface area contributed by atoms with E-state index in [-0.39, 0.29) is 12.5 Å². The summed E-state index contributed by atoms with van der Waals surface area (Å²) in [7, 11) is 3.23. The van der Waals surface area contributed by atoms with Crippen LogP contribution in [-0.4, -0.2) is 55.0 Å². The van der Waals surface area contributed by atoms with Gasteiger partial charge in [-0.2, -0.15) is 5.10 Å². The highest BCUT2D eigenvalue weighted by molar-refractivity contribution is 5.77. The number of hydrogen-bond acceptors (Lipinski definition) is 6. The average molecular weight is 319 g/mol. The van der Waals surface area contributed by atoms with Gasteiger partial charge in [0.2, 0.25) is 5.91 Å². The summed E-state index contributed by atoms with van der Waals surface area (Å²) in [4.78, 5) is 16.0. The van der Waals surface area contributed by atoms with Crippen LogP contribution in [0.3, 0.4) is 0 Å². The van der Waals surface area contributed by atoms with Crippen LogP contribution in [0.25, 0.3) is 11.4 Å². The Balaban J connectivity index is 1.81. The zero-order chi connectivity index (χ0) is 16.5. The van der Waals surface area contributed by atoms with Crippen LogP contribution in [0.5, 0.6) is 5.75 Å². The summed E-state index contributed by atoms with van der Waals surface area (Å²) in [5.74, 6) is 1.84. The predicted octanol–water partition coefficient (Wildman–Crippen LogP) is 0.333. The molecule has 124 valence electrons. The van der Waals surface area contributed by atoms with Gasteiger partial charge in [0.15, 0.2) is 5.82 Å². The number of benzene rings is 1. The Morgan fingerprint density at radius 1 is 1.26 bits per heavy atom. The van der Waals surface area contributed by atoms with E-state index in [0.29, 0.717) is 31.3 Å². The molecule has 23 heavy (non-hydrogen) atoms. The van der Waals surface area contributed by atoms with Crippen molar-refractivity contribution in [2.75, 3.05) is 33.9 Å². The summed E-state index contributed by atoms with van der Waals surface area (Å²) in [6, 6.07) is 7.45. The first kappa shape index (κ1) is 16.9. The number of nitrogens with zero attached hydrogens (tertiary/aromatic N) is 2. The van der Waals surface area contributed by atoms with Gasteiger partial charge in [-0.1, -0.05) is 0 Å². The van der Waals surface area contributed by atoms with Crippen LogP contribution in [0.1, 0.15) is 5.82 Å². The Labute approximate surface area is 134 Å². The largest absolute Gasteiger partial charge is 0.497 e. The minimum absolute atomic E-state index is 0.108. The third kappa shape index (κ3) is 5.35. The summed E-state index contributed by atoms with van der Waals surface area (Å²) in [5.41, 5.74) is 0.876. The number of methoxy groups -OCH3 is 2. The molecule has 1 aromatic heterocycles. The summed E-state index contributed by atoms with van der Waals surface area (Å²) in [5, 5.41) is 12.7. The Kier molecular flexibility index (Phi) is 6.52. The van der Waals surface area contributed by atoms with Gasteiger partial charge in [-0.3, -0.25) is 9.89 Å². The normalized spacial score (nSPS) is 10.5. The van der Waals surface area contributed by atoms with Crippen LogP contribution in [0, 0.1) is 0 Å². The molecule has 0 aliphatic heterocycles. The van der Waals surface area contributed by atoms with Crippen molar-refractivity contribution in [3.05, 3.63) is 30.1 Å². The molecule has 0 fully saturated rings. The highest BCUT2D eigenvalue weighted by atomic mass is 16.5. The molecule has 8 nitrogen and oxygen atoms in total. The highest BCUT2D eigenvalue weighted by Gasteiger charge is 2.07. The van der Waals surface area contributed by atoms with E-state index >= 15 is 0 Å². The van der Waals surface area contributed by atoms with Crippen molar-refractivity contribution in [3.8, 4) is 17.1 Å². The van der Waals surface area contributed by atoms with Crippen molar-refractivity contribution in [3.63, 3.8) is 0 Å². The minimum Gasteiger partial charge on any atom is -0.497 e. The number of rotatable bonds is 9. The van der Waals surface area contributed by atoms with E-state index in [1.165, 1.54) is 0 Å². The molecule has 0 aliphatic carbocycles. The van der Waals surface area contributed by atoms with Crippen molar-refractivity contribution < 1.29 is 14.3 Å². The smallest absolute Gasteiger partial charge is 0.234 e. The van der Waals surface area contributed by atoms with E-state index in [1.54, 1.807) is 14.2 Å². The van der Waals surface area contributed by atoms with Crippen LogP contribution in [-0.2, 0) is 16.1 Å². The van der Waals surface area contributed by atoms with Crippen LogP contribution in [0.2, 0.25) is 0 Å². The van der Waals surface area contributed by atoms with E-state index in [9.17, 15) is 4.79 Å². The van der Waals surface area contributed by atoms with Crippen molar-refractivity contribution in [2.24, 2.45) is 0 Å². The summed E-state index contributed by atoms with van der Waals surface area (Å²) < 4.78 is 10.00. The number of aromatic amines is 1. The Morgan fingerprint density at radius 3 is 2.74 bits per heavy atom. The van der Waals surface area contributed by atoms with Gasteiger partial charge in [0.05, 0.1) is 26.8 Å². The molecule has 2 rings (SSSR count). The quantitative estimate of drug-likeness (QED) is 0.576. The molecule has 0 radical (unpaired) electrons. The lowest BCUT2D eigenvalue weighted by molar-refractivity contribution is -0.120. The zero-order valence-corrected chi connectivity index (χ0v) is 13.3. The van der Waals surface area contributed by atoms with Crippen LogP contribution in [0.4, 0.5) is 0 Å². The first-order valence-corrected chi connectivity index (χ1v) is 7.25. The highest BCUT2D eigenvalue weighted by Crippen LogP contribution is 2.18. The number of carbonyl (C=O) groups is 1. The lowest BCUT2D eigenvalue weighted by Crippen LogP contribution is -2.35. The molecule has 0 bridgehead atoms. The molecule has 8 heteroatoms. The monoisotopic (exact) mass is 319 g/mol. The molecule has 0 saturated heterocycles. The van der Waals surface area contributed by atoms with Crippen molar-refractivity contribution in [2.45, 2.75) is 6.54 Å². The number of hydrogen-bond donors (Lipinski definition) is 3. The van der Waals surface area contributed by atoms with Gasteiger partial charge in [-0.05, 0) is 24.3 Å². The molecule has 2 aromatic rings. The number of amides is 1. The molecule has 0 atom stereocenters. The number of ether oxygens (including phenoxy) is 2. The zero-order valence-electron chi connectivity index (χ0n) is 13.3. The maximum absolute atomic E-state index is 11.6. The molecular weight excluding hydrogens is 298 g/mol. The lowest BCUT2D eigenvalue weighted by Gasteiger charge is -2.04. The van der Waals surface area contributed by atoms with Gasteiger partial charge < -0.3 is 20.1 Å². The standard InChI is InChI=1S/C15H21N5O3/c1-22-8-7-16-10-14(21)17-9-13-18-15(20-19-13)11-3-5-12(23-2)6-4-11/h3-6,16H,7-10H2,1-2H3,(H,17,21)(H,18,19,20). The summed E-state index contributed by atoms with van der Waals surface area (Å²) in [6.07, 6.45) is 0. The molecule has 0 spiro atoms. The summed E-state index contributed by atoms with van der Waals surface area (Å²) >= 11 is 0. The molecule has 1 heterocycles. The first-order chi connectivity index (χ1) is 11.2. The van der Waals surface area contributed by atoms with Gasteiger partial charge in [0, 0.05) is 19.2 Å². The molecular formula is C15H21N5O3. The Morgan fingerprint density at radius 2 is 2.04 bits per heavy atom. The van der Waals surface area contributed by atoms with E-state index < -0.39 is 0 Å². The number of H-pyrrole nitrogens is 1. The second-order valence-corrected chi connectivity index (χ2v) is 4.78. The minimum atomic E-state index is -0.108. The molecule has 3 N–H and O–H groups in total. The number of nitrogens with one attached hydrogen (secondary N) is 3. The topological polar surface area (TPSA) is 101 Å². The van der Waals surface area contributed by atoms with Gasteiger partial charge in [-0.25, -0.2) is 4.98 Å². The van der Waals surface area contributed by atoms with Crippen LogP contribution in [0.15, 0.2) is 24.3 Å². The Bertz CT molecular complexity index is 612. The number of aromatic nitrogens is 3. The fourth-order valence-corrected chi connectivity index (χ4v) is 1.86. The van der Waals surface area contributed by atoms with E-state index in [2.05, 4.69) is 25.8 Å². The molecule has 0 saturated carbocycles.